The molecule has 0 N–H and O–H groups in total. The Hall–Kier alpha value is -4.64. The number of ether oxygens (including phenoxy) is 1. The number of allylic oxidation sites excluding steroid dienone is 1. The lowest BCUT2D eigenvalue weighted by Gasteiger charge is -2.28. The summed E-state index contributed by atoms with van der Waals surface area (Å²) in [6.07, 6.45) is 5.29. The number of para-hydroxylation sites is 3. The number of esters is 1. The van der Waals surface area contributed by atoms with Crippen LogP contribution in [0.1, 0.15) is 27.3 Å². The zero-order chi connectivity index (χ0) is 24.5. The Morgan fingerprint density at radius 3 is 2.50 bits per heavy atom. The van der Waals surface area contributed by atoms with Crippen molar-refractivity contribution in [2.24, 2.45) is 0 Å². The summed E-state index contributed by atoms with van der Waals surface area (Å²) in [6, 6.07) is 32.9. The number of fused-ring (bicyclic) bond motifs is 4. The molecule has 0 fully saturated rings. The first kappa shape index (κ1) is 21.9. The second-order valence-corrected chi connectivity index (χ2v) is 8.74. The first-order valence-corrected chi connectivity index (χ1v) is 12.0. The number of hydrogen-bond donors (Lipinski definition) is 0. The minimum atomic E-state index is -0.451. The number of carbonyl (C=O) groups excluding carboxylic acids is 1. The average Bonchev–Trinajstić information content (AvgIpc) is 3.28. The lowest BCUT2D eigenvalue weighted by Crippen LogP contribution is -2.20. The van der Waals surface area contributed by atoms with Crippen molar-refractivity contribution >= 4 is 34.3 Å². The highest BCUT2D eigenvalue weighted by Gasteiger charge is 2.23. The largest absolute Gasteiger partial charge is 0.464 e. The van der Waals surface area contributed by atoms with Gasteiger partial charge in [0.2, 0.25) is 0 Å². The van der Waals surface area contributed by atoms with Crippen molar-refractivity contribution in [3.05, 3.63) is 126 Å². The predicted octanol–water partition coefficient (Wildman–Crippen LogP) is 6.72. The van der Waals surface area contributed by atoms with Crippen LogP contribution in [0, 0.1) is 0 Å². The van der Waals surface area contributed by atoms with Crippen molar-refractivity contribution in [2.45, 2.75) is 13.0 Å². The standard InChI is InChI=1S/C31H25N3O2/c1-36-31(35)26-17-10-20-30(32-26)34-28-19-8-6-15-24(28)25-16-9-12-22-11-5-7-18-27(22)33(21-29(25)34)23-13-3-2-4-14-23/h2-11,13-20H,12,21H2,1H3/b16-9-. The molecule has 3 heterocycles. The van der Waals surface area contributed by atoms with Gasteiger partial charge in [0.05, 0.1) is 24.9 Å². The molecule has 176 valence electrons. The van der Waals surface area contributed by atoms with Crippen molar-refractivity contribution in [3.8, 4) is 5.82 Å². The quantitative estimate of drug-likeness (QED) is 0.274. The summed E-state index contributed by atoms with van der Waals surface area (Å²) in [5, 5.41) is 1.15. The van der Waals surface area contributed by atoms with E-state index in [4.69, 9.17) is 9.72 Å². The van der Waals surface area contributed by atoms with E-state index in [2.05, 4.69) is 88.3 Å². The number of anilines is 2. The van der Waals surface area contributed by atoms with Gasteiger partial charge in [0.1, 0.15) is 5.82 Å². The topological polar surface area (TPSA) is 47.4 Å². The van der Waals surface area contributed by atoms with Crippen LogP contribution in [0.5, 0.6) is 0 Å². The molecule has 0 spiro atoms. The van der Waals surface area contributed by atoms with Gasteiger partial charge in [-0.2, -0.15) is 0 Å². The van der Waals surface area contributed by atoms with Gasteiger partial charge in [-0.25, -0.2) is 9.78 Å². The second kappa shape index (κ2) is 9.19. The van der Waals surface area contributed by atoms with E-state index in [1.807, 2.05) is 24.3 Å². The molecular formula is C31H25N3O2. The lowest BCUT2D eigenvalue weighted by molar-refractivity contribution is 0.0594. The number of benzene rings is 3. The summed E-state index contributed by atoms with van der Waals surface area (Å²) in [5.74, 6) is 0.233. The Kier molecular flexibility index (Phi) is 5.58. The molecule has 0 saturated heterocycles. The number of pyridine rings is 1. The highest BCUT2D eigenvalue weighted by atomic mass is 16.5. The third-order valence-corrected chi connectivity index (χ3v) is 6.65. The monoisotopic (exact) mass is 471 g/mol. The zero-order valence-corrected chi connectivity index (χ0v) is 20.0. The van der Waals surface area contributed by atoms with Gasteiger partial charge < -0.3 is 9.64 Å². The van der Waals surface area contributed by atoms with Crippen LogP contribution < -0.4 is 4.90 Å². The van der Waals surface area contributed by atoms with Gasteiger partial charge in [0.15, 0.2) is 5.69 Å². The van der Waals surface area contributed by atoms with Gasteiger partial charge >= 0.3 is 5.97 Å². The Labute approximate surface area is 209 Å². The van der Waals surface area contributed by atoms with Crippen molar-refractivity contribution in [1.29, 1.82) is 0 Å². The number of carbonyl (C=O) groups is 1. The summed E-state index contributed by atoms with van der Waals surface area (Å²) in [6.45, 7) is 0.625. The van der Waals surface area contributed by atoms with E-state index in [0.717, 1.165) is 34.3 Å². The number of hydrogen-bond acceptors (Lipinski definition) is 4. The second-order valence-electron chi connectivity index (χ2n) is 8.74. The van der Waals surface area contributed by atoms with E-state index in [1.165, 1.54) is 18.4 Å². The smallest absolute Gasteiger partial charge is 0.356 e. The van der Waals surface area contributed by atoms with Crippen molar-refractivity contribution < 1.29 is 9.53 Å². The molecule has 1 aliphatic heterocycles. The third-order valence-electron chi connectivity index (χ3n) is 6.65. The number of rotatable bonds is 3. The van der Waals surface area contributed by atoms with Crippen LogP contribution in [0.15, 0.2) is 103 Å². The van der Waals surface area contributed by atoms with E-state index in [9.17, 15) is 4.79 Å². The maximum absolute atomic E-state index is 12.3. The zero-order valence-electron chi connectivity index (χ0n) is 20.0. The molecule has 0 saturated carbocycles. The first-order valence-electron chi connectivity index (χ1n) is 12.0. The fourth-order valence-corrected chi connectivity index (χ4v) is 5.01. The summed E-state index contributed by atoms with van der Waals surface area (Å²) < 4.78 is 7.12. The molecule has 0 unspecified atom stereocenters. The van der Waals surface area contributed by atoms with Gasteiger partial charge in [-0.1, -0.05) is 72.8 Å². The van der Waals surface area contributed by atoms with Crippen molar-refractivity contribution in [3.63, 3.8) is 0 Å². The van der Waals surface area contributed by atoms with Crippen LogP contribution in [0.2, 0.25) is 0 Å². The van der Waals surface area contributed by atoms with Gasteiger partial charge in [-0.05, 0) is 48.4 Å². The highest BCUT2D eigenvalue weighted by Crippen LogP contribution is 2.37. The first-order chi connectivity index (χ1) is 17.7. The maximum atomic E-state index is 12.3. The van der Waals surface area contributed by atoms with Gasteiger partial charge in [-0.15, -0.1) is 0 Å². The molecule has 5 aromatic rings. The molecule has 0 atom stereocenters. The van der Waals surface area contributed by atoms with Crippen molar-refractivity contribution in [2.75, 3.05) is 12.0 Å². The fourth-order valence-electron chi connectivity index (χ4n) is 5.01. The molecule has 5 heteroatoms. The Morgan fingerprint density at radius 1 is 0.861 bits per heavy atom. The molecule has 36 heavy (non-hydrogen) atoms. The molecule has 3 aromatic carbocycles. The highest BCUT2D eigenvalue weighted by molar-refractivity contribution is 5.93. The predicted molar refractivity (Wildman–Crippen MR) is 144 cm³/mol. The molecule has 2 aromatic heterocycles. The Bertz CT molecular complexity index is 1600. The van der Waals surface area contributed by atoms with E-state index in [1.54, 1.807) is 6.07 Å². The van der Waals surface area contributed by atoms with Gasteiger partial charge in [0, 0.05) is 22.3 Å². The summed E-state index contributed by atoms with van der Waals surface area (Å²) in [7, 11) is 1.38. The molecule has 0 amide bonds. The minimum Gasteiger partial charge on any atom is -0.464 e. The third kappa shape index (κ3) is 3.75. The van der Waals surface area contributed by atoms with E-state index in [0.29, 0.717) is 12.4 Å². The van der Waals surface area contributed by atoms with Crippen LogP contribution in [-0.4, -0.2) is 22.6 Å². The summed E-state index contributed by atoms with van der Waals surface area (Å²) >= 11 is 0. The molecule has 0 aliphatic carbocycles. The maximum Gasteiger partial charge on any atom is 0.356 e. The number of nitrogens with zero attached hydrogens (tertiary/aromatic N) is 3. The Balaban J connectivity index is 1.63. The van der Waals surface area contributed by atoms with Gasteiger partial charge in [0.25, 0.3) is 0 Å². The fraction of sp³-hybridized carbons (Fsp3) is 0.0968. The van der Waals surface area contributed by atoms with E-state index < -0.39 is 5.97 Å². The van der Waals surface area contributed by atoms with Crippen LogP contribution in [-0.2, 0) is 17.7 Å². The van der Waals surface area contributed by atoms with E-state index >= 15 is 0 Å². The lowest BCUT2D eigenvalue weighted by atomic mass is 10.1. The van der Waals surface area contributed by atoms with E-state index in [-0.39, 0.29) is 5.69 Å². The molecule has 5 nitrogen and oxygen atoms in total. The number of aromatic nitrogens is 2. The minimum absolute atomic E-state index is 0.283. The normalized spacial score (nSPS) is 13.8. The number of methoxy groups -OCH3 is 1. The summed E-state index contributed by atoms with van der Waals surface area (Å²) in [4.78, 5) is 19.4. The van der Waals surface area contributed by atoms with Crippen molar-refractivity contribution in [1.82, 2.24) is 9.55 Å². The SMILES string of the molecule is COC(=O)c1cccc(-n2c3c(c4ccccc42)/C=C\Cc2ccccc2N(c2ccccc2)C3)n1. The Morgan fingerprint density at radius 2 is 1.64 bits per heavy atom. The molecular weight excluding hydrogens is 446 g/mol. The molecule has 0 bridgehead atoms. The van der Waals surface area contributed by atoms with Crippen LogP contribution in [0.3, 0.4) is 0 Å². The molecule has 1 aliphatic rings. The molecule has 0 radical (unpaired) electrons. The van der Waals surface area contributed by atoms with Gasteiger partial charge in [-0.3, -0.25) is 4.57 Å². The van der Waals surface area contributed by atoms with Crippen LogP contribution >= 0.6 is 0 Å². The summed E-state index contributed by atoms with van der Waals surface area (Å²) in [5.41, 5.74) is 7.14. The van der Waals surface area contributed by atoms with Crippen LogP contribution in [0.25, 0.3) is 22.8 Å². The molecule has 6 rings (SSSR count). The van der Waals surface area contributed by atoms with Crippen LogP contribution in [0.4, 0.5) is 11.4 Å². The average molecular weight is 472 g/mol.